The first kappa shape index (κ1) is 18.5. The monoisotopic (exact) mass is 308 g/mol. The Bertz CT molecular complexity index is 355. The molecule has 1 aromatic carbocycles. The summed E-state index contributed by atoms with van der Waals surface area (Å²) in [6.07, 6.45) is 5.82. The highest BCUT2D eigenvalue weighted by molar-refractivity contribution is 7.98. The van der Waals surface area contributed by atoms with Gasteiger partial charge in [-0.15, -0.1) is 0 Å². The second kappa shape index (κ2) is 11.1. The van der Waals surface area contributed by atoms with Crippen molar-refractivity contribution in [2.45, 2.75) is 45.2 Å². The quantitative estimate of drug-likeness (QED) is 0.660. The predicted octanol–water partition coefficient (Wildman–Crippen LogP) is 4.19. The third-order valence-electron chi connectivity index (χ3n) is 4.11. The van der Waals surface area contributed by atoms with Crippen molar-refractivity contribution in [2.75, 3.05) is 32.1 Å². The van der Waals surface area contributed by atoms with Gasteiger partial charge in [-0.25, -0.2) is 0 Å². The molecule has 21 heavy (non-hydrogen) atoms. The molecule has 0 aliphatic heterocycles. The lowest BCUT2D eigenvalue weighted by molar-refractivity contribution is 0.238. The van der Waals surface area contributed by atoms with Gasteiger partial charge in [0.15, 0.2) is 0 Å². The van der Waals surface area contributed by atoms with Crippen LogP contribution in [0.4, 0.5) is 0 Å². The van der Waals surface area contributed by atoms with Gasteiger partial charge in [-0.2, -0.15) is 11.8 Å². The Hall–Kier alpha value is -0.510. The molecule has 2 nitrogen and oxygen atoms in total. The fourth-order valence-electron chi connectivity index (χ4n) is 2.45. The summed E-state index contributed by atoms with van der Waals surface area (Å²) in [5.74, 6) is 1.25. The third-order valence-corrected chi connectivity index (χ3v) is 4.75. The van der Waals surface area contributed by atoms with E-state index in [9.17, 15) is 0 Å². The Morgan fingerprint density at radius 1 is 1.19 bits per heavy atom. The molecule has 0 aliphatic carbocycles. The zero-order chi connectivity index (χ0) is 15.5. The average molecular weight is 309 g/mol. The lowest BCUT2D eigenvalue weighted by atomic mass is 10.0. The number of hydrogen-bond acceptors (Lipinski definition) is 3. The molecule has 2 unspecified atom stereocenters. The first-order valence-electron chi connectivity index (χ1n) is 8.16. The van der Waals surface area contributed by atoms with Crippen LogP contribution < -0.4 is 5.32 Å². The van der Waals surface area contributed by atoms with Gasteiger partial charge >= 0.3 is 0 Å². The molecule has 0 heterocycles. The van der Waals surface area contributed by atoms with Crippen molar-refractivity contribution in [2.24, 2.45) is 0 Å². The van der Waals surface area contributed by atoms with Gasteiger partial charge in [-0.3, -0.25) is 0 Å². The minimum atomic E-state index is 0.473. The summed E-state index contributed by atoms with van der Waals surface area (Å²) in [7, 11) is 2.26. The maximum atomic E-state index is 3.69. The van der Waals surface area contributed by atoms with Gasteiger partial charge in [0.1, 0.15) is 0 Å². The number of rotatable bonds is 11. The summed E-state index contributed by atoms with van der Waals surface area (Å²) in [5, 5.41) is 3.69. The van der Waals surface area contributed by atoms with Gasteiger partial charge in [-0.1, -0.05) is 37.3 Å². The van der Waals surface area contributed by atoms with Crippen molar-refractivity contribution >= 4 is 11.8 Å². The van der Waals surface area contributed by atoms with Gasteiger partial charge in [0.05, 0.1) is 0 Å². The van der Waals surface area contributed by atoms with Crippen molar-refractivity contribution in [3.63, 3.8) is 0 Å². The Morgan fingerprint density at radius 2 is 1.90 bits per heavy atom. The lowest BCUT2D eigenvalue weighted by Gasteiger charge is -2.27. The molecular formula is C18H32N2S. The maximum absolute atomic E-state index is 3.69. The fraction of sp³-hybridized carbons (Fsp3) is 0.667. The van der Waals surface area contributed by atoms with E-state index in [0.29, 0.717) is 12.1 Å². The molecule has 0 radical (unpaired) electrons. The van der Waals surface area contributed by atoms with Gasteiger partial charge in [0, 0.05) is 12.1 Å². The zero-order valence-corrected chi connectivity index (χ0v) is 15.0. The summed E-state index contributed by atoms with van der Waals surface area (Å²) in [5.41, 5.74) is 1.41. The molecule has 0 aliphatic rings. The first-order chi connectivity index (χ1) is 10.2. The Labute approximate surface area is 135 Å². The second-order valence-electron chi connectivity index (χ2n) is 5.82. The molecule has 1 N–H and O–H groups in total. The van der Waals surface area contributed by atoms with E-state index in [1.165, 1.54) is 30.6 Å². The summed E-state index contributed by atoms with van der Waals surface area (Å²) in [6.45, 7) is 6.80. The van der Waals surface area contributed by atoms with E-state index in [0.717, 1.165) is 13.1 Å². The lowest BCUT2D eigenvalue weighted by Crippen LogP contribution is -2.33. The fourth-order valence-corrected chi connectivity index (χ4v) is 3.03. The number of benzene rings is 1. The number of nitrogens with one attached hydrogen (secondary N) is 1. The highest BCUT2D eigenvalue weighted by atomic mass is 32.2. The van der Waals surface area contributed by atoms with Gasteiger partial charge in [0.2, 0.25) is 0 Å². The van der Waals surface area contributed by atoms with E-state index in [-0.39, 0.29) is 0 Å². The third kappa shape index (κ3) is 7.35. The minimum Gasteiger partial charge on any atom is -0.310 e. The summed E-state index contributed by atoms with van der Waals surface area (Å²) < 4.78 is 0. The Morgan fingerprint density at radius 3 is 2.52 bits per heavy atom. The van der Waals surface area contributed by atoms with Crippen molar-refractivity contribution < 1.29 is 0 Å². The SMILES string of the molecule is CCCNC(CCN(C)C(C)CCSC)c1ccccc1. The number of thioether (sulfide) groups is 1. The normalized spacial score (nSPS) is 14.3. The van der Waals surface area contributed by atoms with Gasteiger partial charge in [0.25, 0.3) is 0 Å². The van der Waals surface area contributed by atoms with E-state index in [2.05, 4.69) is 67.7 Å². The number of nitrogens with zero attached hydrogens (tertiary/aromatic N) is 1. The van der Waals surface area contributed by atoms with Crippen LogP contribution in [0.3, 0.4) is 0 Å². The van der Waals surface area contributed by atoms with Crippen LogP contribution in [0, 0.1) is 0 Å². The molecule has 0 spiro atoms. The van der Waals surface area contributed by atoms with Crippen LogP contribution >= 0.6 is 11.8 Å². The van der Waals surface area contributed by atoms with Crippen LogP contribution in [0.25, 0.3) is 0 Å². The van der Waals surface area contributed by atoms with E-state index in [1.54, 1.807) is 0 Å². The summed E-state index contributed by atoms with van der Waals surface area (Å²) in [4.78, 5) is 2.50. The van der Waals surface area contributed by atoms with Crippen molar-refractivity contribution in [1.29, 1.82) is 0 Å². The minimum absolute atomic E-state index is 0.473. The maximum Gasteiger partial charge on any atom is 0.0332 e. The molecule has 120 valence electrons. The van der Waals surface area contributed by atoms with Crippen molar-refractivity contribution in [3.8, 4) is 0 Å². The Kier molecular flexibility index (Phi) is 9.81. The van der Waals surface area contributed by atoms with Crippen molar-refractivity contribution in [3.05, 3.63) is 35.9 Å². The topological polar surface area (TPSA) is 15.3 Å². The molecule has 0 fully saturated rings. The molecular weight excluding hydrogens is 276 g/mol. The standard InChI is InChI=1S/C18H32N2S/c1-5-13-19-18(17-9-7-6-8-10-17)11-14-20(3)16(2)12-15-21-4/h6-10,16,18-19H,5,11-15H2,1-4H3. The average Bonchev–Trinajstić information content (AvgIpc) is 2.53. The van der Waals surface area contributed by atoms with Gasteiger partial charge < -0.3 is 10.2 Å². The molecule has 0 saturated heterocycles. The molecule has 0 saturated carbocycles. The van der Waals surface area contributed by atoms with E-state index >= 15 is 0 Å². The molecule has 0 aromatic heterocycles. The predicted molar refractivity (Wildman–Crippen MR) is 97.2 cm³/mol. The van der Waals surface area contributed by atoms with Crippen LogP contribution in [0.15, 0.2) is 30.3 Å². The van der Waals surface area contributed by atoms with Crippen LogP contribution in [-0.2, 0) is 0 Å². The van der Waals surface area contributed by atoms with Crippen LogP contribution in [0.2, 0.25) is 0 Å². The molecule has 1 aromatic rings. The molecule has 0 bridgehead atoms. The smallest absolute Gasteiger partial charge is 0.0332 e. The van der Waals surface area contributed by atoms with E-state index in [1.807, 2.05) is 11.8 Å². The van der Waals surface area contributed by atoms with Crippen LogP contribution in [-0.4, -0.2) is 43.1 Å². The van der Waals surface area contributed by atoms with Crippen molar-refractivity contribution in [1.82, 2.24) is 10.2 Å². The molecule has 1 rings (SSSR count). The molecule has 0 amide bonds. The highest BCUT2D eigenvalue weighted by Gasteiger charge is 2.14. The van der Waals surface area contributed by atoms with E-state index in [4.69, 9.17) is 0 Å². The molecule has 2 atom stereocenters. The zero-order valence-electron chi connectivity index (χ0n) is 14.1. The summed E-state index contributed by atoms with van der Waals surface area (Å²) >= 11 is 1.94. The Balaban J connectivity index is 2.49. The second-order valence-corrected chi connectivity index (χ2v) is 6.80. The van der Waals surface area contributed by atoms with Crippen LogP contribution in [0.1, 0.15) is 44.7 Å². The van der Waals surface area contributed by atoms with Gasteiger partial charge in [-0.05, 0) is 63.9 Å². The molecule has 3 heteroatoms. The largest absolute Gasteiger partial charge is 0.310 e. The van der Waals surface area contributed by atoms with E-state index < -0.39 is 0 Å². The number of hydrogen-bond donors (Lipinski definition) is 1. The van der Waals surface area contributed by atoms with Crippen LogP contribution in [0.5, 0.6) is 0 Å². The first-order valence-corrected chi connectivity index (χ1v) is 9.55. The summed E-state index contributed by atoms with van der Waals surface area (Å²) in [6, 6.07) is 12.0. The highest BCUT2D eigenvalue weighted by Crippen LogP contribution is 2.18.